The maximum absolute atomic E-state index is 12.9. The first kappa shape index (κ1) is 14.7. The molecule has 124 valence electrons. The highest BCUT2D eigenvalue weighted by atomic mass is 16.1. The molecule has 0 aromatic carbocycles. The van der Waals surface area contributed by atoms with Gasteiger partial charge < -0.3 is 4.98 Å². The van der Waals surface area contributed by atoms with E-state index >= 15 is 0 Å². The lowest BCUT2D eigenvalue weighted by Gasteiger charge is -2.05. The van der Waals surface area contributed by atoms with Crippen molar-refractivity contribution in [3.8, 4) is 11.4 Å². The minimum atomic E-state index is -0.0911. The molecule has 0 fully saturated rings. The summed E-state index contributed by atoms with van der Waals surface area (Å²) in [5.41, 5.74) is 2.72. The van der Waals surface area contributed by atoms with Crippen LogP contribution in [0.1, 0.15) is 26.0 Å². The van der Waals surface area contributed by atoms with E-state index in [2.05, 4.69) is 20.1 Å². The Kier molecular flexibility index (Phi) is 3.26. The van der Waals surface area contributed by atoms with Crippen molar-refractivity contribution in [2.75, 3.05) is 0 Å². The predicted octanol–water partition coefficient (Wildman–Crippen LogP) is 1.97. The molecule has 4 aromatic heterocycles. The first-order valence-electron chi connectivity index (χ1n) is 8.13. The monoisotopic (exact) mass is 325 g/mol. The van der Waals surface area contributed by atoms with E-state index in [0.29, 0.717) is 29.3 Å². The number of aryl methyl sites for hydroxylation is 3. The van der Waals surface area contributed by atoms with Crippen LogP contribution in [0.2, 0.25) is 0 Å². The summed E-state index contributed by atoms with van der Waals surface area (Å²) >= 11 is 0. The van der Waals surface area contributed by atoms with Crippen molar-refractivity contribution >= 4 is 16.9 Å². The molecule has 0 saturated heterocycles. The van der Waals surface area contributed by atoms with E-state index in [0.717, 1.165) is 24.2 Å². The molecule has 0 aliphatic heterocycles. The smallest absolute Gasteiger partial charge is 0.280 e. The summed E-state index contributed by atoms with van der Waals surface area (Å²) in [6, 6.07) is 0. The van der Waals surface area contributed by atoms with Crippen LogP contribution in [-0.4, -0.2) is 33.7 Å². The molecule has 0 aliphatic rings. The maximum atomic E-state index is 12.9. The van der Waals surface area contributed by atoms with Crippen molar-refractivity contribution in [1.82, 2.24) is 33.7 Å². The molecular weight excluding hydrogens is 306 g/mol. The topological polar surface area (TPSA) is 85.8 Å². The molecule has 4 aromatic rings. The lowest BCUT2D eigenvalue weighted by Crippen LogP contribution is -2.23. The van der Waals surface area contributed by atoms with Crippen LogP contribution < -0.4 is 5.56 Å². The summed E-state index contributed by atoms with van der Waals surface area (Å²) in [7, 11) is 0. The van der Waals surface area contributed by atoms with Crippen LogP contribution in [0.4, 0.5) is 0 Å². The largest absolute Gasteiger partial charge is 0.332 e. The van der Waals surface area contributed by atoms with E-state index in [9.17, 15) is 4.79 Å². The van der Waals surface area contributed by atoms with E-state index in [1.54, 1.807) is 10.8 Å². The van der Waals surface area contributed by atoms with Crippen molar-refractivity contribution in [2.24, 2.45) is 0 Å². The van der Waals surface area contributed by atoms with Crippen LogP contribution in [0.15, 0.2) is 23.4 Å². The minimum absolute atomic E-state index is 0.0911. The Balaban J connectivity index is 2.03. The fraction of sp³-hybridized carbons (Fsp3) is 0.375. The summed E-state index contributed by atoms with van der Waals surface area (Å²) in [5, 5.41) is 4.27. The first-order chi connectivity index (χ1) is 11.6. The van der Waals surface area contributed by atoms with Gasteiger partial charge in [0, 0.05) is 25.5 Å². The average molecular weight is 325 g/mol. The average Bonchev–Trinajstić information content (AvgIpc) is 3.27. The summed E-state index contributed by atoms with van der Waals surface area (Å²) in [6.07, 6.45) is 6.43. The summed E-state index contributed by atoms with van der Waals surface area (Å²) < 4.78 is 5.41. The number of aromatic nitrogens is 7. The number of hydrogen-bond acceptors (Lipinski definition) is 4. The van der Waals surface area contributed by atoms with Gasteiger partial charge in [-0.3, -0.25) is 18.4 Å². The Morgan fingerprint density at radius 1 is 1.21 bits per heavy atom. The lowest BCUT2D eigenvalue weighted by molar-refractivity contribution is 0.660. The normalized spacial score (nSPS) is 11.8. The number of nitrogens with zero attached hydrogens (tertiary/aromatic N) is 6. The molecule has 8 nitrogen and oxygen atoms in total. The Morgan fingerprint density at radius 2 is 2.04 bits per heavy atom. The lowest BCUT2D eigenvalue weighted by atomic mass is 10.3. The highest BCUT2D eigenvalue weighted by molar-refractivity contribution is 5.77. The van der Waals surface area contributed by atoms with Crippen molar-refractivity contribution in [2.45, 2.75) is 40.3 Å². The van der Waals surface area contributed by atoms with Crippen LogP contribution >= 0.6 is 0 Å². The standard InChI is InChI=1S/C16H19N7O/c1-4-6-22-15(24)12-14(23-8-10(3)18-16(22)23)20-13(19-12)11-7-17-21(5-2)9-11/h7-9H,4-6H2,1-3H3,(H,19,20). The molecule has 4 heterocycles. The van der Waals surface area contributed by atoms with Gasteiger partial charge in [0.2, 0.25) is 5.78 Å². The summed E-state index contributed by atoms with van der Waals surface area (Å²) in [5.74, 6) is 1.28. The summed E-state index contributed by atoms with van der Waals surface area (Å²) in [6.45, 7) is 7.39. The second-order valence-electron chi connectivity index (χ2n) is 5.88. The number of fused-ring (bicyclic) bond motifs is 3. The Bertz CT molecular complexity index is 1100. The number of nitrogens with one attached hydrogen (secondary N) is 1. The van der Waals surface area contributed by atoms with E-state index in [1.807, 2.05) is 42.2 Å². The third-order valence-corrected chi connectivity index (χ3v) is 4.10. The molecule has 8 heteroatoms. The highest BCUT2D eigenvalue weighted by Gasteiger charge is 2.17. The summed E-state index contributed by atoms with van der Waals surface area (Å²) in [4.78, 5) is 25.2. The molecular formula is C16H19N7O. The van der Waals surface area contributed by atoms with E-state index < -0.39 is 0 Å². The van der Waals surface area contributed by atoms with Gasteiger partial charge in [-0.05, 0) is 20.3 Å². The number of imidazole rings is 2. The predicted molar refractivity (Wildman–Crippen MR) is 91.0 cm³/mol. The molecule has 0 bridgehead atoms. The molecule has 0 aliphatic carbocycles. The van der Waals surface area contributed by atoms with Gasteiger partial charge in [0.05, 0.1) is 17.5 Å². The van der Waals surface area contributed by atoms with Crippen LogP contribution in [0.25, 0.3) is 28.3 Å². The molecule has 0 amide bonds. The van der Waals surface area contributed by atoms with Gasteiger partial charge in [0.25, 0.3) is 5.56 Å². The SMILES string of the molecule is CCCn1c(=O)c2[nH]c(-c3cnn(CC)c3)nc2n2cc(C)nc12. The zero-order valence-corrected chi connectivity index (χ0v) is 13.9. The zero-order chi connectivity index (χ0) is 16.8. The van der Waals surface area contributed by atoms with Crippen molar-refractivity contribution < 1.29 is 0 Å². The third kappa shape index (κ3) is 2.06. The fourth-order valence-electron chi connectivity index (χ4n) is 2.97. The highest BCUT2D eigenvalue weighted by Crippen LogP contribution is 2.19. The van der Waals surface area contributed by atoms with Crippen LogP contribution in [0, 0.1) is 6.92 Å². The van der Waals surface area contributed by atoms with Crippen molar-refractivity contribution in [1.29, 1.82) is 0 Å². The minimum Gasteiger partial charge on any atom is -0.332 e. The molecule has 0 radical (unpaired) electrons. The number of H-pyrrole nitrogens is 1. The van der Waals surface area contributed by atoms with E-state index in [1.165, 1.54) is 0 Å². The van der Waals surface area contributed by atoms with E-state index in [4.69, 9.17) is 0 Å². The van der Waals surface area contributed by atoms with Crippen molar-refractivity contribution in [3.63, 3.8) is 0 Å². The van der Waals surface area contributed by atoms with Gasteiger partial charge in [0.1, 0.15) is 5.82 Å². The van der Waals surface area contributed by atoms with Crippen molar-refractivity contribution in [3.05, 3.63) is 34.6 Å². The zero-order valence-electron chi connectivity index (χ0n) is 13.9. The van der Waals surface area contributed by atoms with Gasteiger partial charge in [0.15, 0.2) is 11.2 Å². The molecule has 0 unspecified atom stereocenters. The second kappa shape index (κ2) is 5.33. The first-order valence-corrected chi connectivity index (χ1v) is 8.13. The van der Waals surface area contributed by atoms with E-state index in [-0.39, 0.29) is 5.56 Å². The van der Waals surface area contributed by atoms with Gasteiger partial charge in [-0.2, -0.15) is 5.10 Å². The third-order valence-electron chi connectivity index (χ3n) is 4.10. The van der Waals surface area contributed by atoms with Gasteiger partial charge in [-0.25, -0.2) is 9.97 Å². The molecule has 24 heavy (non-hydrogen) atoms. The molecule has 0 spiro atoms. The Hall–Kier alpha value is -2.90. The van der Waals surface area contributed by atoms with Crippen LogP contribution in [0.5, 0.6) is 0 Å². The van der Waals surface area contributed by atoms with Gasteiger partial charge >= 0.3 is 0 Å². The fourth-order valence-corrected chi connectivity index (χ4v) is 2.97. The molecule has 0 atom stereocenters. The van der Waals surface area contributed by atoms with Gasteiger partial charge in [-0.1, -0.05) is 6.92 Å². The Morgan fingerprint density at radius 3 is 2.75 bits per heavy atom. The molecule has 0 saturated carbocycles. The molecule has 4 rings (SSSR count). The number of hydrogen-bond donors (Lipinski definition) is 1. The molecule has 1 N–H and O–H groups in total. The Labute approximate surface area is 137 Å². The van der Waals surface area contributed by atoms with Crippen LogP contribution in [-0.2, 0) is 13.1 Å². The second-order valence-corrected chi connectivity index (χ2v) is 5.88. The van der Waals surface area contributed by atoms with Crippen LogP contribution in [0.3, 0.4) is 0 Å². The van der Waals surface area contributed by atoms with Gasteiger partial charge in [-0.15, -0.1) is 0 Å². The maximum Gasteiger partial charge on any atom is 0.280 e. The quantitative estimate of drug-likeness (QED) is 0.621. The number of rotatable bonds is 4. The number of aromatic amines is 1.